The van der Waals surface area contributed by atoms with Gasteiger partial charge >= 0.3 is 5.97 Å². The fourth-order valence-electron chi connectivity index (χ4n) is 3.18. The van der Waals surface area contributed by atoms with E-state index in [1.54, 1.807) is 32.0 Å². The number of hydrogen-bond donors (Lipinski definition) is 1. The van der Waals surface area contributed by atoms with Crippen molar-refractivity contribution in [2.75, 3.05) is 16.2 Å². The van der Waals surface area contributed by atoms with Crippen molar-refractivity contribution in [3.63, 3.8) is 0 Å². The van der Waals surface area contributed by atoms with E-state index in [1.807, 2.05) is 24.3 Å². The maximum absolute atomic E-state index is 13.6. The van der Waals surface area contributed by atoms with Gasteiger partial charge in [-0.2, -0.15) is 0 Å². The van der Waals surface area contributed by atoms with Gasteiger partial charge < -0.3 is 10.1 Å². The molecule has 0 fully saturated rings. The van der Waals surface area contributed by atoms with Crippen LogP contribution in [0.4, 0.5) is 11.4 Å². The van der Waals surface area contributed by atoms with Crippen LogP contribution in [0.3, 0.4) is 0 Å². The highest BCUT2D eigenvalue weighted by Gasteiger charge is 2.29. The second-order valence-corrected chi connectivity index (χ2v) is 9.12. The van der Waals surface area contributed by atoms with Crippen LogP contribution < -0.4 is 9.62 Å². The number of sulfonamides is 1. The molecular formula is C23H24N2O5S. The van der Waals surface area contributed by atoms with Crippen molar-refractivity contribution >= 4 is 44.0 Å². The van der Waals surface area contributed by atoms with Crippen LogP contribution in [0.2, 0.25) is 0 Å². The number of anilines is 2. The summed E-state index contributed by atoms with van der Waals surface area (Å²) in [5, 5.41) is 4.14. The molecule has 0 saturated heterocycles. The summed E-state index contributed by atoms with van der Waals surface area (Å²) in [5.74, 6) is -0.911. The summed E-state index contributed by atoms with van der Waals surface area (Å²) in [5.41, 5.74) is 0.854. The Morgan fingerprint density at radius 2 is 1.61 bits per heavy atom. The van der Waals surface area contributed by atoms with E-state index >= 15 is 0 Å². The van der Waals surface area contributed by atoms with Gasteiger partial charge in [0, 0.05) is 18.0 Å². The lowest BCUT2D eigenvalue weighted by molar-refractivity contribution is -0.145. The van der Waals surface area contributed by atoms with Gasteiger partial charge in [0.05, 0.1) is 16.7 Å². The van der Waals surface area contributed by atoms with Crippen LogP contribution in [0.1, 0.15) is 20.8 Å². The molecule has 0 unspecified atom stereocenters. The first-order chi connectivity index (χ1) is 14.7. The predicted octanol–water partition coefficient (Wildman–Crippen LogP) is 3.95. The van der Waals surface area contributed by atoms with Crippen molar-refractivity contribution in [1.82, 2.24) is 0 Å². The Balaban J connectivity index is 2.08. The van der Waals surface area contributed by atoms with Gasteiger partial charge in [-0.3, -0.25) is 13.9 Å². The maximum atomic E-state index is 13.6. The molecule has 0 radical (unpaired) electrons. The Morgan fingerprint density at radius 1 is 0.968 bits per heavy atom. The summed E-state index contributed by atoms with van der Waals surface area (Å²) in [6.07, 6.45) is -0.374. The molecule has 0 aliphatic rings. The van der Waals surface area contributed by atoms with Crippen LogP contribution >= 0.6 is 0 Å². The third-order valence-electron chi connectivity index (χ3n) is 4.44. The summed E-state index contributed by atoms with van der Waals surface area (Å²) in [6.45, 7) is 4.31. The number of carbonyl (C=O) groups is 2. The van der Waals surface area contributed by atoms with E-state index < -0.39 is 22.5 Å². The smallest absolute Gasteiger partial charge is 0.327 e. The van der Waals surface area contributed by atoms with Crippen molar-refractivity contribution in [2.45, 2.75) is 31.8 Å². The number of hydrogen-bond acceptors (Lipinski definition) is 5. The number of nitrogens with zero attached hydrogens (tertiary/aromatic N) is 1. The molecule has 1 N–H and O–H groups in total. The number of ether oxygens (including phenoxy) is 1. The highest BCUT2D eigenvalue weighted by atomic mass is 32.2. The van der Waals surface area contributed by atoms with Gasteiger partial charge in [-0.05, 0) is 49.6 Å². The van der Waals surface area contributed by atoms with Crippen molar-refractivity contribution in [3.05, 3.63) is 66.7 Å². The molecule has 31 heavy (non-hydrogen) atoms. The average molecular weight is 441 g/mol. The maximum Gasteiger partial charge on any atom is 0.327 e. The molecule has 0 spiro atoms. The molecule has 3 rings (SSSR count). The van der Waals surface area contributed by atoms with E-state index in [0.717, 1.165) is 9.69 Å². The quantitative estimate of drug-likeness (QED) is 0.562. The normalized spacial score (nSPS) is 11.4. The predicted molar refractivity (Wildman–Crippen MR) is 120 cm³/mol. The van der Waals surface area contributed by atoms with Gasteiger partial charge in [0.1, 0.15) is 6.54 Å². The number of esters is 1. The van der Waals surface area contributed by atoms with Gasteiger partial charge in [-0.25, -0.2) is 8.42 Å². The zero-order chi connectivity index (χ0) is 22.6. The van der Waals surface area contributed by atoms with Crippen LogP contribution in [-0.2, 0) is 24.3 Å². The molecule has 0 atom stereocenters. The molecule has 1 amide bonds. The monoisotopic (exact) mass is 440 g/mol. The summed E-state index contributed by atoms with van der Waals surface area (Å²) in [6, 6.07) is 18.4. The third-order valence-corrected chi connectivity index (χ3v) is 6.21. The lowest BCUT2D eigenvalue weighted by Crippen LogP contribution is -2.37. The molecule has 8 heteroatoms. The Hall–Kier alpha value is -3.39. The molecule has 3 aromatic carbocycles. The molecule has 3 aromatic rings. The van der Waals surface area contributed by atoms with Crippen molar-refractivity contribution < 1.29 is 22.7 Å². The van der Waals surface area contributed by atoms with Crippen LogP contribution in [0.5, 0.6) is 0 Å². The Morgan fingerprint density at radius 3 is 2.26 bits per heavy atom. The zero-order valence-corrected chi connectivity index (χ0v) is 18.3. The summed E-state index contributed by atoms with van der Waals surface area (Å²) in [4.78, 5) is 23.7. The minimum Gasteiger partial charge on any atom is -0.462 e. The highest BCUT2D eigenvalue weighted by molar-refractivity contribution is 7.92. The molecule has 0 aromatic heterocycles. The largest absolute Gasteiger partial charge is 0.462 e. The molecule has 0 bridgehead atoms. The topological polar surface area (TPSA) is 92.8 Å². The summed E-state index contributed by atoms with van der Waals surface area (Å²) < 4.78 is 33.4. The van der Waals surface area contributed by atoms with Crippen molar-refractivity contribution in [1.29, 1.82) is 0 Å². The van der Waals surface area contributed by atoms with Gasteiger partial charge in [0.25, 0.3) is 10.0 Å². The minimum atomic E-state index is -4.10. The lowest BCUT2D eigenvalue weighted by atomic mass is 10.1. The number of nitrogens with one attached hydrogen (secondary N) is 1. The molecule has 0 aliphatic carbocycles. The van der Waals surface area contributed by atoms with Crippen molar-refractivity contribution in [3.8, 4) is 0 Å². The number of benzene rings is 3. The van der Waals surface area contributed by atoms with Crippen LogP contribution in [0.25, 0.3) is 10.8 Å². The number of rotatable bonds is 7. The molecule has 162 valence electrons. The Bertz CT molecular complexity index is 1200. The molecule has 0 heterocycles. The first-order valence-corrected chi connectivity index (χ1v) is 11.2. The van der Waals surface area contributed by atoms with Gasteiger partial charge in [-0.15, -0.1) is 0 Å². The van der Waals surface area contributed by atoms with E-state index in [0.29, 0.717) is 16.8 Å². The van der Waals surface area contributed by atoms with E-state index in [4.69, 9.17) is 4.74 Å². The number of amides is 1. The first kappa shape index (κ1) is 22.3. The van der Waals surface area contributed by atoms with Crippen LogP contribution in [0.15, 0.2) is 71.6 Å². The molecule has 7 nitrogen and oxygen atoms in total. The molecule has 0 saturated carbocycles. The number of carbonyl (C=O) groups excluding carboxylic acids is 2. The summed E-state index contributed by atoms with van der Waals surface area (Å²) in [7, 11) is -4.10. The van der Waals surface area contributed by atoms with E-state index in [9.17, 15) is 18.0 Å². The standard InChI is InChI=1S/C23H24N2O5S/c1-16(2)30-23(27)15-25(22-10-6-8-18-7-4-5-9-21(18)22)31(28,29)20-13-11-19(12-14-20)24-17(3)26/h4-14,16H,15H2,1-3H3,(H,24,26). The van der Waals surface area contributed by atoms with E-state index in [-0.39, 0.29) is 16.9 Å². The van der Waals surface area contributed by atoms with E-state index in [2.05, 4.69) is 5.32 Å². The SMILES string of the molecule is CC(=O)Nc1ccc(S(=O)(=O)N(CC(=O)OC(C)C)c2cccc3ccccc23)cc1. The van der Waals surface area contributed by atoms with Crippen LogP contribution in [-0.4, -0.2) is 32.9 Å². The van der Waals surface area contributed by atoms with Gasteiger partial charge in [-0.1, -0.05) is 36.4 Å². The third kappa shape index (κ3) is 5.21. The molecular weight excluding hydrogens is 416 g/mol. The highest BCUT2D eigenvalue weighted by Crippen LogP contribution is 2.31. The second-order valence-electron chi connectivity index (χ2n) is 7.25. The van der Waals surface area contributed by atoms with E-state index in [1.165, 1.54) is 31.2 Å². The van der Waals surface area contributed by atoms with Crippen molar-refractivity contribution in [2.24, 2.45) is 0 Å². The average Bonchev–Trinajstić information content (AvgIpc) is 2.71. The lowest BCUT2D eigenvalue weighted by Gasteiger charge is -2.25. The number of fused-ring (bicyclic) bond motifs is 1. The minimum absolute atomic E-state index is 0.00752. The fraction of sp³-hybridized carbons (Fsp3) is 0.217. The second kappa shape index (κ2) is 9.18. The first-order valence-electron chi connectivity index (χ1n) is 9.76. The Kier molecular flexibility index (Phi) is 6.60. The summed E-state index contributed by atoms with van der Waals surface area (Å²) >= 11 is 0. The van der Waals surface area contributed by atoms with Crippen LogP contribution in [0, 0.1) is 0 Å². The molecule has 0 aliphatic heterocycles. The zero-order valence-electron chi connectivity index (χ0n) is 17.5. The fourth-order valence-corrected chi connectivity index (χ4v) is 4.61. The Labute approximate surface area is 181 Å². The van der Waals surface area contributed by atoms with Gasteiger partial charge in [0.15, 0.2) is 0 Å². The van der Waals surface area contributed by atoms with Gasteiger partial charge in [0.2, 0.25) is 5.91 Å².